The molecule has 0 aromatic carbocycles. The molecule has 5 atom stereocenters. The van der Waals surface area contributed by atoms with Gasteiger partial charge < -0.3 is 15.5 Å². The number of rotatable bonds is 5. The molecule has 4 fully saturated rings. The van der Waals surface area contributed by atoms with Gasteiger partial charge in [-0.3, -0.25) is 14.4 Å². The van der Waals surface area contributed by atoms with Crippen LogP contribution in [0.25, 0.3) is 0 Å². The van der Waals surface area contributed by atoms with E-state index >= 15 is 0 Å². The first-order valence-electron chi connectivity index (χ1n) is 11.2. The minimum Gasteiger partial charge on any atom is -0.350 e. The van der Waals surface area contributed by atoms with Gasteiger partial charge in [0.25, 0.3) is 0 Å². The molecular formula is C23H34N4O3. The Labute approximate surface area is 178 Å². The maximum absolute atomic E-state index is 13.3. The molecule has 2 saturated heterocycles. The van der Waals surface area contributed by atoms with Gasteiger partial charge in [-0.2, -0.15) is 5.26 Å². The molecule has 2 N–H and O–H groups in total. The minimum absolute atomic E-state index is 0.00463. The van der Waals surface area contributed by atoms with Gasteiger partial charge in [0.15, 0.2) is 0 Å². The molecule has 3 amide bonds. The van der Waals surface area contributed by atoms with Crippen molar-refractivity contribution in [2.45, 2.75) is 84.3 Å². The molecule has 2 aliphatic heterocycles. The highest BCUT2D eigenvalue weighted by Gasteiger charge is 2.69. The summed E-state index contributed by atoms with van der Waals surface area (Å²) in [7, 11) is 0. The summed E-state index contributed by atoms with van der Waals surface area (Å²) in [5, 5.41) is 15.6. The normalized spacial score (nSPS) is 33.5. The third-order valence-electron chi connectivity index (χ3n) is 7.72. The third-order valence-corrected chi connectivity index (χ3v) is 7.72. The van der Waals surface area contributed by atoms with Crippen molar-refractivity contribution in [3.8, 4) is 6.07 Å². The number of carbonyl (C=O) groups is 3. The van der Waals surface area contributed by atoms with Gasteiger partial charge in [0.2, 0.25) is 17.7 Å². The minimum atomic E-state index is -0.720. The zero-order valence-corrected chi connectivity index (χ0v) is 18.7. The predicted octanol–water partition coefficient (Wildman–Crippen LogP) is 1.97. The van der Waals surface area contributed by atoms with Crippen LogP contribution in [0.1, 0.15) is 66.7 Å². The van der Waals surface area contributed by atoms with Crippen LogP contribution in [0.15, 0.2) is 0 Å². The highest BCUT2D eigenvalue weighted by Crippen LogP contribution is 2.65. The smallest absolute Gasteiger partial charge is 0.244 e. The van der Waals surface area contributed by atoms with E-state index in [0.717, 1.165) is 19.3 Å². The van der Waals surface area contributed by atoms with E-state index in [2.05, 4.69) is 30.6 Å². The van der Waals surface area contributed by atoms with Gasteiger partial charge in [-0.05, 0) is 48.3 Å². The van der Waals surface area contributed by atoms with Gasteiger partial charge in [-0.25, -0.2) is 0 Å². The van der Waals surface area contributed by atoms with Gasteiger partial charge >= 0.3 is 0 Å². The number of fused-ring (bicyclic) bond motifs is 1. The van der Waals surface area contributed by atoms with Crippen molar-refractivity contribution in [3.05, 3.63) is 0 Å². The maximum atomic E-state index is 13.3. The fourth-order valence-corrected chi connectivity index (χ4v) is 5.73. The summed E-state index contributed by atoms with van der Waals surface area (Å²) in [6.07, 6.45) is 3.48. The Bertz CT molecular complexity index is 817. The lowest BCUT2D eigenvalue weighted by molar-refractivity contribution is -0.141. The van der Waals surface area contributed by atoms with E-state index in [4.69, 9.17) is 0 Å². The van der Waals surface area contributed by atoms with Gasteiger partial charge in [-0.1, -0.05) is 34.6 Å². The van der Waals surface area contributed by atoms with Gasteiger partial charge in [0.1, 0.15) is 12.1 Å². The molecule has 164 valence electrons. The van der Waals surface area contributed by atoms with Crippen molar-refractivity contribution in [2.24, 2.45) is 28.6 Å². The van der Waals surface area contributed by atoms with Crippen LogP contribution in [0.5, 0.6) is 0 Å². The predicted molar refractivity (Wildman–Crippen MR) is 111 cm³/mol. The molecule has 7 nitrogen and oxygen atoms in total. The molecule has 0 bridgehead atoms. The molecule has 30 heavy (non-hydrogen) atoms. The number of carbonyl (C=O) groups excluding carboxylic acids is 3. The highest BCUT2D eigenvalue weighted by molar-refractivity contribution is 5.90. The second kappa shape index (κ2) is 6.70. The lowest BCUT2D eigenvalue weighted by Gasteiger charge is -2.32. The summed E-state index contributed by atoms with van der Waals surface area (Å²) in [5.74, 6) is -0.0252. The topological polar surface area (TPSA) is 102 Å². The van der Waals surface area contributed by atoms with E-state index in [1.165, 1.54) is 0 Å². The molecule has 2 heterocycles. The van der Waals surface area contributed by atoms with Crippen LogP contribution in [-0.4, -0.2) is 46.8 Å². The summed E-state index contributed by atoms with van der Waals surface area (Å²) in [6.45, 7) is 11.0. The Balaban J connectivity index is 1.43. The van der Waals surface area contributed by atoms with Crippen LogP contribution in [0, 0.1) is 39.9 Å². The number of hydrogen-bond donors (Lipinski definition) is 2. The average Bonchev–Trinajstić information content (AvgIpc) is 3.33. The Kier molecular flexibility index (Phi) is 4.72. The van der Waals surface area contributed by atoms with Crippen LogP contribution >= 0.6 is 0 Å². The number of nitrogens with one attached hydrogen (secondary N) is 2. The third kappa shape index (κ3) is 3.70. The van der Waals surface area contributed by atoms with Crippen LogP contribution in [0.3, 0.4) is 0 Å². The first-order chi connectivity index (χ1) is 13.9. The summed E-state index contributed by atoms with van der Waals surface area (Å²) in [4.78, 5) is 40.2. The van der Waals surface area contributed by atoms with E-state index < -0.39 is 12.1 Å². The van der Waals surface area contributed by atoms with Crippen molar-refractivity contribution in [3.63, 3.8) is 0 Å². The Morgan fingerprint density at radius 1 is 1.33 bits per heavy atom. The Morgan fingerprint density at radius 3 is 2.53 bits per heavy atom. The quantitative estimate of drug-likeness (QED) is 0.718. The summed E-state index contributed by atoms with van der Waals surface area (Å²) in [6, 6.07) is 0.923. The van der Waals surface area contributed by atoms with E-state index in [1.807, 2.05) is 20.8 Å². The van der Waals surface area contributed by atoms with Crippen LogP contribution in [-0.2, 0) is 14.4 Å². The lowest BCUT2D eigenvalue weighted by atomic mass is 9.90. The summed E-state index contributed by atoms with van der Waals surface area (Å²) < 4.78 is 0. The van der Waals surface area contributed by atoms with Gasteiger partial charge in [0.05, 0.1) is 6.07 Å². The standard InChI is InChI=1S/C23H34N4O3/c1-21(2,3)10-16(28)27-12-15-17(22(15,4)5)18(27)20(30)25-14(11-24)8-13-9-23(6-7-23)26-19(13)29/h13-15,17-18H,6-10,12H2,1-5H3,(H,25,30)(H,26,29)/t13-,14+,15+,17+,18+/m1/s1. The fourth-order valence-electron chi connectivity index (χ4n) is 5.73. The van der Waals surface area contributed by atoms with E-state index in [0.29, 0.717) is 25.3 Å². The monoisotopic (exact) mass is 414 g/mol. The maximum Gasteiger partial charge on any atom is 0.244 e. The molecule has 7 heteroatoms. The largest absolute Gasteiger partial charge is 0.350 e. The SMILES string of the molecule is CC(C)(C)CC(=O)N1C[C@H]2[C@@H]([C@H]1C(=O)N[C@H](C#N)C[C@@H]1CC3(CC3)NC1=O)C2(C)C. The Hall–Kier alpha value is -2.10. The molecule has 0 unspecified atom stereocenters. The molecule has 4 rings (SSSR count). The number of piperidine rings is 1. The molecule has 0 aromatic rings. The number of hydrogen-bond acceptors (Lipinski definition) is 4. The molecule has 0 aromatic heterocycles. The van der Waals surface area contributed by atoms with Crippen molar-refractivity contribution < 1.29 is 14.4 Å². The number of nitrogens with zero attached hydrogens (tertiary/aromatic N) is 2. The molecule has 1 spiro atoms. The van der Waals surface area contributed by atoms with Crippen molar-refractivity contribution >= 4 is 17.7 Å². The Morgan fingerprint density at radius 2 is 2.00 bits per heavy atom. The fraction of sp³-hybridized carbons (Fsp3) is 0.826. The molecule has 0 radical (unpaired) electrons. The zero-order chi connectivity index (χ0) is 22.1. The first-order valence-corrected chi connectivity index (χ1v) is 11.2. The van der Waals surface area contributed by atoms with Gasteiger partial charge in [0, 0.05) is 24.4 Å². The zero-order valence-electron chi connectivity index (χ0n) is 18.7. The van der Waals surface area contributed by atoms with Crippen molar-refractivity contribution in [1.82, 2.24) is 15.5 Å². The molecule has 2 saturated carbocycles. The second-order valence-electron chi connectivity index (χ2n) is 11.8. The average molecular weight is 415 g/mol. The summed E-state index contributed by atoms with van der Waals surface area (Å²) >= 11 is 0. The van der Waals surface area contributed by atoms with Crippen LogP contribution in [0.2, 0.25) is 0 Å². The van der Waals surface area contributed by atoms with Crippen molar-refractivity contribution in [2.75, 3.05) is 6.54 Å². The second-order valence-corrected chi connectivity index (χ2v) is 11.8. The number of nitriles is 1. The van der Waals surface area contributed by atoms with Crippen molar-refractivity contribution in [1.29, 1.82) is 5.26 Å². The molecule has 2 aliphatic carbocycles. The van der Waals surface area contributed by atoms with Gasteiger partial charge in [-0.15, -0.1) is 0 Å². The molecular weight excluding hydrogens is 380 g/mol. The summed E-state index contributed by atoms with van der Waals surface area (Å²) in [5.41, 5.74) is -0.158. The number of amides is 3. The number of likely N-dealkylation sites (tertiary alicyclic amines) is 1. The lowest BCUT2D eigenvalue weighted by Crippen LogP contribution is -2.52. The molecule has 4 aliphatic rings. The van der Waals surface area contributed by atoms with Crippen LogP contribution < -0.4 is 10.6 Å². The first kappa shape index (κ1) is 21.1. The van der Waals surface area contributed by atoms with E-state index in [-0.39, 0.29) is 45.9 Å². The highest BCUT2D eigenvalue weighted by atomic mass is 16.2. The van der Waals surface area contributed by atoms with E-state index in [1.54, 1.807) is 4.90 Å². The van der Waals surface area contributed by atoms with Crippen LogP contribution in [0.4, 0.5) is 0 Å². The van der Waals surface area contributed by atoms with E-state index in [9.17, 15) is 19.6 Å².